The van der Waals surface area contributed by atoms with E-state index in [1.807, 2.05) is 36.3 Å². The molecule has 1 N–H and O–H groups in total. The van der Waals surface area contributed by atoms with Crippen LogP contribution in [0.4, 0.5) is 0 Å². The Hall–Kier alpha value is -1.40. The van der Waals surface area contributed by atoms with Gasteiger partial charge in [-0.2, -0.15) is 0 Å². The summed E-state index contributed by atoms with van der Waals surface area (Å²) in [5, 5.41) is 4.82. The van der Waals surface area contributed by atoms with E-state index in [9.17, 15) is 9.59 Å². The van der Waals surface area contributed by atoms with Crippen LogP contribution in [0.25, 0.3) is 0 Å². The lowest BCUT2D eigenvalue weighted by atomic mass is 10.1. The number of amides is 2. The van der Waals surface area contributed by atoms with Crippen LogP contribution < -0.4 is 5.32 Å². The lowest BCUT2D eigenvalue weighted by molar-refractivity contribution is -0.143. The molecule has 3 atom stereocenters. The molecule has 6 heteroatoms. The summed E-state index contributed by atoms with van der Waals surface area (Å²) in [5.41, 5.74) is 0. The molecule has 0 saturated carbocycles. The molecular weight excluding hydrogens is 288 g/mol. The second-order valence-corrected chi connectivity index (χ2v) is 6.51. The second-order valence-electron chi connectivity index (χ2n) is 5.53. The summed E-state index contributed by atoms with van der Waals surface area (Å²) in [7, 11) is 0. The predicted octanol–water partition coefficient (Wildman–Crippen LogP) is 1.95. The first kappa shape index (κ1) is 16.0. The summed E-state index contributed by atoms with van der Waals surface area (Å²) >= 11 is 1.55. The van der Waals surface area contributed by atoms with Gasteiger partial charge in [0.25, 0.3) is 0 Å². The highest BCUT2D eigenvalue weighted by Gasteiger charge is 2.28. The highest BCUT2D eigenvalue weighted by atomic mass is 32.1. The molecule has 21 heavy (non-hydrogen) atoms. The standard InChI is InChI=1S/C15H22N2O3S/c1-10-8-17(9-11(2)20-10)15(19)7-13(16-12(3)18)14-5-4-6-21-14/h4-6,10-11,13H,7-9H2,1-3H3,(H,16,18)/t10-,11+,13-/m0/s1. The summed E-state index contributed by atoms with van der Waals surface area (Å²) in [6.07, 6.45) is 0.400. The number of carbonyl (C=O) groups excluding carboxylic acids is 2. The fourth-order valence-corrected chi connectivity index (χ4v) is 3.42. The molecule has 2 amide bonds. The quantitative estimate of drug-likeness (QED) is 0.925. The van der Waals surface area contributed by atoms with Crippen molar-refractivity contribution in [2.24, 2.45) is 0 Å². The molecule has 0 radical (unpaired) electrons. The normalized spacial score (nSPS) is 23.7. The van der Waals surface area contributed by atoms with Crippen LogP contribution in [0.15, 0.2) is 17.5 Å². The molecular formula is C15H22N2O3S. The van der Waals surface area contributed by atoms with Gasteiger partial charge in [-0.3, -0.25) is 9.59 Å². The lowest BCUT2D eigenvalue weighted by Gasteiger charge is -2.36. The molecule has 5 nitrogen and oxygen atoms in total. The maximum absolute atomic E-state index is 12.5. The summed E-state index contributed by atoms with van der Waals surface area (Å²) < 4.78 is 5.65. The number of ether oxygens (including phenoxy) is 1. The van der Waals surface area contributed by atoms with Gasteiger partial charge < -0.3 is 15.0 Å². The van der Waals surface area contributed by atoms with Gasteiger partial charge in [-0.05, 0) is 25.3 Å². The first-order chi connectivity index (χ1) is 9.95. The van der Waals surface area contributed by atoms with E-state index in [-0.39, 0.29) is 30.1 Å². The van der Waals surface area contributed by atoms with Gasteiger partial charge in [0, 0.05) is 24.9 Å². The Kier molecular flexibility index (Phi) is 5.36. The zero-order chi connectivity index (χ0) is 15.4. The van der Waals surface area contributed by atoms with E-state index in [0.29, 0.717) is 19.5 Å². The lowest BCUT2D eigenvalue weighted by Crippen LogP contribution is -2.49. The SMILES string of the molecule is CC(=O)N[C@@H](CC(=O)N1C[C@@H](C)O[C@@H](C)C1)c1cccs1. The van der Waals surface area contributed by atoms with Crippen LogP contribution in [0.1, 0.15) is 38.1 Å². The number of carbonyl (C=O) groups is 2. The van der Waals surface area contributed by atoms with Gasteiger partial charge >= 0.3 is 0 Å². The molecule has 1 aliphatic heterocycles. The van der Waals surface area contributed by atoms with Gasteiger partial charge in [0.05, 0.1) is 24.7 Å². The molecule has 2 rings (SSSR count). The van der Waals surface area contributed by atoms with Gasteiger partial charge in [0.1, 0.15) is 0 Å². The second kappa shape index (κ2) is 7.04. The number of morpholine rings is 1. The zero-order valence-electron chi connectivity index (χ0n) is 12.7. The summed E-state index contributed by atoms with van der Waals surface area (Å²) in [4.78, 5) is 26.7. The van der Waals surface area contributed by atoms with Crippen molar-refractivity contribution >= 4 is 23.2 Å². The van der Waals surface area contributed by atoms with Gasteiger partial charge in [0.15, 0.2) is 0 Å². The Morgan fingerprint density at radius 1 is 1.43 bits per heavy atom. The first-order valence-corrected chi connectivity index (χ1v) is 8.07. The number of hydrogen-bond acceptors (Lipinski definition) is 4. The van der Waals surface area contributed by atoms with Crippen LogP contribution in [0, 0.1) is 0 Å². The van der Waals surface area contributed by atoms with Gasteiger partial charge in [-0.1, -0.05) is 6.07 Å². The number of thiophene rings is 1. The van der Waals surface area contributed by atoms with Gasteiger partial charge in [-0.15, -0.1) is 11.3 Å². The fourth-order valence-electron chi connectivity index (χ4n) is 2.64. The van der Waals surface area contributed by atoms with Crippen molar-refractivity contribution in [2.75, 3.05) is 13.1 Å². The van der Waals surface area contributed by atoms with E-state index in [0.717, 1.165) is 4.88 Å². The monoisotopic (exact) mass is 310 g/mol. The number of hydrogen-bond donors (Lipinski definition) is 1. The summed E-state index contributed by atoms with van der Waals surface area (Å²) in [5.74, 6) is -0.0611. The van der Waals surface area contributed by atoms with Crippen molar-refractivity contribution in [3.63, 3.8) is 0 Å². The highest BCUT2D eigenvalue weighted by Crippen LogP contribution is 2.23. The third-order valence-electron chi connectivity index (χ3n) is 3.42. The number of rotatable bonds is 4. The Morgan fingerprint density at radius 2 is 2.10 bits per heavy atom. The Morgan fingerprint density at radius 3 is 2.62 bits per heavy atom. The summed E-state index contributed by atoms with van der Waals surface area (Å²) in [6.45, 7) is 6.64. The highest BCUT2D eigenvalue weighted by molar-refractivity contribution is 7.10. The van der Waals surface area contributed by atoms with E-state index in [1.54, 1.807) is 11.3 Å². The average molecular weight is 310 g/mol. The smallest absolute Gasteiger partial charge is 0.225 e. The third kappa shape index (κ3) is 4.54. The van der Waals surface area contributed by atoms with Crippen molar-refractivity contribution in [3.8, 4) is 0 Å². The number of nitrogens with zero attached hydrogens (tertiary/aromatic N) is 1. The van der Waals surface area contributed by atoms with Crippen LogP contribution in [0.2, 0.25) is 0 Å². The molecule has 0 spiro atoms. The third-order valence-corrected chi connectivity index (χ3v) is 4.40. The minimum atomic E-state index is -0.247. The van der Waals surface area contributed by atoms with E-state index < -0.39 is 0 Å². The van der Waals surface area contributed by atoms with Crippen molar-refractivity contribution in [1.29, 1.82) is 0 Å². The molecule has 0 bridgehead atoms. The van der Waals surface area contributed by atoms with Crippen LogP contribution in [-0.2, 0) is 14.3 Å². The van der Waals surface area contributed by atoms with Crippen LogP contribution >= 0.6 is 11.3 Å². The fraction of sp³-hybridized carbons (Fsp3) is 0.600. The van der Waals surface area contributed by atoms with E-state index in [1.165, 1.54) is 6.92 Å². The molecule has 0 unspecified atom stereocenters. The average Bonchev–Trinajstić information content (AvgIpc) is 2.89. The molecule has 116 valence electrons. The molecule has 1 saturated heterocycles. The largest absolute Gasteiger partial charge is 0.372 e. The van der Waals surface area contributed by atoms with Crippen LogP contribution in [0.5, 0.6) is 0 Å². The predicted molar refractivity (Wildman–Crippen MR) is 82.1 cm³/mol. The Balaban J connectivity index is 2.02. The van der Waals surface area contributed by atoms with Gasteiger partial charge in [0.2, 0.25) is 11.8 Å². The van der Waals surface area contributed by atoms with Gasteiger partial charge in [-0.25, -0.2) is 0 Å². The Bertz CT molecular complexity index is 479. The summed E-state index contributed by atoms with van der Waals surface area (Å²) in [6, 6.07) is 3.63. The topological polar surface area (TPSA) is 58.6 Å². The van der Waals surface area contributed by atoms with Crippen LogP contribution in [-0.4, -0.2) is 42.0 Å². The maximum Gasteiger partial charge on any atom is 0.225 e. The molecule has 1 aromatic rings. The minimum absolute atomic E-state index is 0.0543. The molecule has 0 aromatic carbocycles. The van der Waals surface area contributed by atoms with Crippen LogP contribution in [0.3, 0.4) is 0 Å². The minimum Gasteiger partial charge on any atom is -0.372 e. The number of nitrogens with one attached hydrogen (secondary N) is 1. The molecule has 2 heterocycles. The molecule has 0 aliphatic carbocycles. The van der Waals surface area contributed by atoms with Crippen molar-refractivity contribution in [3.05, 3.63) is 22.4 Å². The Labute approximate surface area is 129 Å². The zero-order valence-corrected chi connectivity index (χ0v) is 13.5. The van der Waals surface area contributed by atoms with Crippen molar-refractivity contribution in [1.82, 2.24) is 10.2 Å². The molecule has 1 fully saturated rings. The van der Waals surface area contributed by atoms with Crippen molar-refractivity contribution in [2.45, 2.75) is 45.4 Å². The molecule has 1 aromatic heterocycles. The van der Waals surface area contributed by atoms with Crippen molar-refractivity contribution < 1.29 is 14.3 Å². The first-order valence-electron chi connectivity index (χ1n) is 7.19. The van der Waals surface area contributed by atoms with E-state index >= 15 is 0 Å². The maximum atomic E-state index is 12.5. The van der Waals surface area contributed by atoms with E-state index in [2.05, 4.69) is 5.32 Å². The molecule has 1 aliphatic rings. The van der Waals surface area contributed by atoms with E-state index in [4.69, 9.17) is 4.74 Å².